The third-order valence-corrected chi connectivity index (χ3v) is 4.73. The fourth-order valence-corrected chi connectivity index (χ4v) is 3.09. The Labute approximate surface area is 133 Å². The third kappa shape index (κ3) is 3.20. The molecule has 1 N–H and O–H groups in total. The molecule has 21 heavy (non-hydrogen) atoms. The Hall–Kier alpha value is -1.18. The molecule has 3 rings (SSSR count). The quantitative estimate of drug-likeness (QED) is 0.904. The molecular formula is C14H21BrN6. The van der Waals surface area contributed by atoms with Crippen LogP contribution in [0.5, 0.6) is 0 Å². The minimum Gasteiger partial charge on any atom is -0.367 e. The lowest BCUT2D eigenvalue weighted by Crippen LogP contribution is -2.49. The van der Waals surface area contributed by atoms with E-state index in [2.05, 4.69) is 55.1 Å². The molecule has 2 aromatic rings. The molecule has 1 fully saturated rings. The van der Waals surface area contributed by atoms with Crippen molar-refractivity contribution in [3.8, 4) is 0 Å². The van der Waals surface area contributed by atoms with Gasteiger partial charge in [-0.05, 0) is 42.0 Å². The Morgan fingerprint density at radius 1 is 1.29 bits per heavy atom. The summed E-state index contributed by atoms with van der Waals surface area (Å²) in [5.74, 6) is 0.886. The molecule has 6 nitrogen and oxygen atoms in total. The first-order chi connectivity index (χ1) is 10.1. The number of anilines is 1. The summed E-state index contributed by atoms with van der Waals surface area (Å²) in [6, 6.07) is 4.50. The first-order valence-electron chi connectivity index (χ1n) is 7.30. The van der Waals surface area contributed by atoms with E-state index in [1.54, 1.807) is 6.33 Å². The average molecular weight is 353 g/mol. The van der Waals surface area contributed by atoms with Crippen molar-refractivity contribution in [1.82, 2.24) is 24.4 Å². The van der Waals surface area contributed by atoms with Crippen LogP contribution in [0, 0.1) is 0 Å². The van der Waals surface area contributed by atoms with Gasteiger partial charge in [0.2, 0.25) is 0 Å². The molecule has 3 heterocycles. The van der Waals surface area contributed by atoms with Crippen LogP contribution >= 0.6 is 15.9 Å². The van der Waals surface area contributed by atoms with E-state index in [1.165, 1.54) is 0 Å². The van der Waals surface area contributed by atoms with Crippen LogP contribution in [-0.2, 0) is 0 Å². The highest BCUT2D eigenvalue weighted by molar-refractivity contribution is 9.10. The lowest BCUT2D eigenvalue weighted by molar-refractivity contribution is 0.123. The summed E-state index contributed by atoms with van der Waals surface area (Å²) in [5.41, 5.74) is 0.995. The fourth-order valence-electron chi connectivity index (χ4n) is 2.67. The molecule has 0 spiro atoms. The third-order valence-electron chi connectivity index (χ3n) is 4.13. The number of likely N-dealkylation sites (N-methyl/N-ethyl adjacent to an activating group) is 1. The Morgan fingerprint density at radius 2 is 2.05 bits per heavy atom. The van der Waals surface area contributed by atoms with Crippen molar-refractivity contribution in [1.29, 1.82) is 0 Å². The van der Waals surface area contributed by atoms with Crippen LogP contribution in [-0.4, -0.2) is 70.2 Å². The van der Waals surface area contributed by atoms with Gasteiger partial charge in [-0.2, -0.15) is 5.10 Å². The SMILES string of the molecule is C[C@H](CNc1ncnn2c(Br)ccc12)N1CCN(C)CC1. The molecule has 0 unspecified atom stereocenters. The number of aromatic nitrogens is 3. The van der Waals surface area contributed by atoms with Crippen LogP contribution in [0.2, 0.25) is 0 Å². The van der Waals surface area contributed by atoms with Crippen LogP contribution in [0.4, 0.5) is 5.82 Å². The van der Waals surface area contributed by atoms with Crippen molar-refractivity contribution in [3.63, 3.8) is 0 Å². The highest BCUT2D eigenvalue weighted by Crippen LogP contribution is 2.19. The number of hydrogen-bond donors (Lipinski definition) is 1. The van der Waals surface area contributed by atoms with Gasteiger partial charge in [0.25, 0.3) is 0 Å². The zero-order valence-corrected chi connectivity index (χ0v) is 14.0. The number of fused-ring (bicyclic) bond motifs is 1. The van der Waals surface area contributed by atoms with E-state index in [9.17, 15) is 0 Å². The number of nitrogens with zero attached hydrogens (tertiary/aromatic N) is 5. The molecule has 1 atom stereocenters. The molecule has 1 aliphatic heterocycles. The Balaban J connectivity index is 1.63. The molecule has 0 bridgehead atoms. The van der Waals surface area contributed by atoms with Crippen LogP contribution in [0.15, 0.2) is 23.1 Å². The minimum atomic E-state index is 0.493. The minimum absolute atomic E-state index is 0.493. The molecule has 0 amide bonds. The number of piperazine rings is 1. The molecule has 0 saturated carbocycles. The Kier molecular flexibility index (Phi) is 4.42. The molecule has 1 saturated heterocycles. The van der Waals surface area contributed by atoms with Crippen molar-refractivity contribution >= 4 is 27.3 Å². The Bertz CT molecular complexity index is 605. The van der Waals surface area contributed by atoms with E-state index < -0.39 is 0 Å². The van der Waals surface area contributed by atoms with Crippen LogP contribution < -0.4 is 5.32 Å². The Morgan fingerprint density at radius 3 is 2.81 bits per heavy atom. The van der Waals surface area contributed by atoms with E-state index in [-0.39, 0.29) is 0 Å². The maximum absolute atomic E-state index is 4.36. The molecule has 7 heteroatoms. The lowest BCUT2D eigenvalue weighted by atomic mass is 10.2. The zero-order chi connectivity index (χ0) is 14.8. The molecule has 2 aromatic heterocycles. The average Bonchev–Trinajstić information content (AvgIpc) is 2.88. The fraction of sp³-hybridized carbons (Fsp3) is 0.571. The van der Waals surface area contributed by atoms with E-state index in [4.69, 9.17) is 0 Å². The second kappa shape index (κ2) is 6.29. The summed E-state index contributed by atoms with van der Waals surface area (Å²) in [4.78, 5) is 9.26. The van der Waals surface area contributed by atoms with Gasteiger partial charge in [-0.25, -0.2) is 9.50 Å². The van der Waals surface area contributed by atoms with Crippen LogP contribution in [0.25, 0.3) is 5.52 Å². The number of rotatable bonds is 4. The second-order valence-electron chi connectivity index (χ2n) is 5.63. The smallest absolute Gasteiger partial charge is 0.154 e. The van der Waals surface area contributed by atoms with Gasteiger partial charge < -0.3 is 10.2 Å². The first-order valence-corrected chi connectivity index (χ1v) is 8.09. The summed E-state index contributed by atoms with van der Waals surface area (Å²) < 4.78 is 2.78. The zero-order valence-electron chi connectivity index (χ0n) is 12.5. The van der Waals surface area contributed by atoms with Gasteiger partial charge in [0.1, 0.15) is 16.4 Å². The van der Waals surface area contributed by atoms with Gasteiger partial charge in [0.05, 0.1) is 0 Å². The maximum Gasteiger partial charge on any atom is 0.154 e. The predicted octanol–water partition coefficient (Wildman–Crippen LogP) is 1.54. The monoisotopic (exact) mass is 352 g/mol. The van der Waals surface area contributed by atoms with Crippen LogP contribution in [0.3, 0.4) is 0 Å². The predicted molar refractivity (Wildman–Crippen MR) is 87.7 cm³/mol. The normalized spacial score (nSPS) is 19.0. The van der Waals surface area contributed by atoms with Gasteiger partial charge in [0, 0.05) is 38.8 Å². The van der Waals surface area contributed by atoms with Gasteiger partial charge in [-0.3, -0.25) is 4.90 Å². The summed E-state index contributed by atoms with van der Waals surface area (Å²) >= 11 is 3.48. The topological polar surface area (TPSA) is 48.7 Å². The van der Waals surface area contributed by atoms with Crippen molar-refractivity contribution in [3.05, 3.63) is 23.1 Å². The van der Waals surface area contributed by atoms with E-state index in [0.29, 0.717) is 6.04 Å². The molecule has 0 radical (unpaired) electrons. The number of halogens is 1. The number of nitrogens with one attached hydrogen (secondary N) is 1. The van der Waals surface area contributed by atoms with Gasteiger partial charge in [0.15, 0.2) is 5.82 Å². The molecule has 0 aromatic carbocycles. The summed E-state index contributed by atoms with van der Waals surface area (Å²) in [5, 5.41) is 7.69. The first kappa shape index (κ1) is 14.7. The summed E-state index contributed by atoms with van der Waals surface area (Å²) in [7, 11) is 2.18. The van der Waals surface area contributed by atoms with Crippen LogP contribution in [0.1, 0.15) is 6.92 Å². The largest absolute Gasteiger partial charge is 0.367 e. The van der Waals surface area contributed by atoms with E-state index in [1.807, 2.05) is 16.6 Å². The van der Waals surface area contributed by atoms with Gasteiger partial charge in [-0.15, -0.1) is 0 Å². The van der Waals surface area contributed by atoms with Crippen molar-refractivity contribution < 1.29 is 0 Å². The van der Waals surface area contributed by atoms with Gasteiger partial charge >= 0.3 is 0 Å². The molecule has 1 aliphatic rings. The standard InChI is InChI=1S/C14H21BrN6/c1-11(20-7-5-19(2)6-8-20)9-16-14-12-3-4-13(15)21(12)18-10-17-14/h3-4,10-11H,5-9H2,1-2H3,(H,16,17,18)/t11-/m1/s1. The van der Waals surface area contributed by atoms with Crippen molar-refractivity contribution in [2.24, 2.45) is 0 Å². The van der Waals surface area contributed by atoms with Gasteiger partial charge in [-0.1, -0.05) is 0 Å². The summed E-state index contributed by atoms with van der Waals surface area (Å²) in [6.07, 6.45) is 1.58. The molecule has 0 aliphatic carbocycles. The molecular weight excluding hydrogens is 332 g/mol. The highest BCUT2D eigenvalue weighted by atomic mass is 79.9. The van der Waals surface area contributed by atoms with Crippen molar-refractivity contribution in [2.75, 3.05) is 45.1 Å². The van der Waals surface area contributed by atoms with E-state index >= 15 is 0 Å². The molecule has 114 valence electrons. The van der Waals surface area contributed by atoms with Crippen molar-refractivity contribution in [2.45, 2.75) is 13.0 Å². The maximum atomic E-state index is 4.36. The number of hydrogen-bond acceptors (Lipinski definition) is 5. The van der Waals surface area contributed by atoms with E-state index in [0.717, 1.165) is 48.7 Å². The second-order valence-corrected chi connectivity index (χ2v) is 6.44. The highest BCUT2D eigenvalue weighted by Gasteiger charge is 2.19. The lowest BCUT2D eigenvalue weighted by Gasteiger charge is -2.36. The summed E-state index contributed by atoms with van der Waals surface area (Å²) in [6.45, 7) is 7.72.